The second-order valence-corrected chi connectivity index (χ2v) is 8.40. The molecule has 1 saturated carbocycles. The molecule has 1 aliphatic heterocycles. The molecular formula is C23H25N5O3. The summed E-state index contributed by atoms with van der Waals surface area (Å²) in [5.74, 6) is 0.785. The van der Waals surface area contributed by atoms with Gasteiger partial charge < -0.3 is 9.88 Å². The number of benzene rings is 2. The van der Waals surface area contributed by atoms with Gasteiger partial charge in [-0.2, -0.15) is 0 Å². The van der Waals surface area contributed by atoms with Gasteiger partial charge in [-0.15, -0.1) is 0 Å². The Bertz CT molecular complexity index is 1130. The quantitative estimate of drug-likeness (QED) is 0.501. The molecule has 1 fully saturated rings. The van der Waals surface area contributed by atoms with Gasteiger partial charge in [-0.3, -0.25) is 19.8 Å². The molecule has 8 heteroatoms. The van der Waals surface area contributed by atoms with Crippen LogP contribution in [0, 0.1) is 10.1 Å². The van der Waals surface area contributed by atoms with E-state index < -0.39 is 4.92 Å². The fraction of sp³-hybridized carbons (Fsp3) is 0.391. The first-order chi connectivity index (χ1) is 15.1. The number of nitro benzene ring substituents is 1. The molecule has 8 nitrogen and oxygen atoms in total. The molecule has 0 atom stereocenters. The minimum atomic E-state index is -0.481. The van der Waals surface area contributed by atoms with Gasteiger partial charge in [0.25, 0.3) is 11.6 Å². The molecular weight excluding hydrogens is 394 g/mol. The Balaban J connectivity index is 1.32. The largest absolute Gasteiger partial charge is 0.326 e. The zero-order valence-electron chi connectivity index (χ0n) is 17.3. The summed E-state index contributed by atoms with van der Waals surface area (Å²) in [4.78, 5) is 30.3. The van der Waals surface area contributed by atoms with Crippen LogP contribution in [-0.4, -0.2) is 37.9 Å². The maximum Gasteiger partial charge on any atom is 0.269 e. The van der Waals surface area contributed by atoms with Crippen molar-refractivity contribution in [2.45, 2.75) is 51.2 Å². The van der Waals surface area contributed by atoms with E-state index in [0.717, 1.165) is 36.5 Å². The van der Waals surface area contributed by atoms with Crippen LogP contribution >= 0.6 is 0 Å². The summed E-state index contributed by atoms with van der Waals surface area (Å²) in [7, 11) is 0. The number of nitrogens with zero attached hydrogens (tertiary/aromatic N) is 4. The molecule has 1 amide bonds. The van der Waals surface area contributed by atoms with Crippen molar-refractivity contribution < 1.29 is 9.72 Å². The summed E-state index contributed by atoms with van der Waals surface area (Å²) in [5, 5.41) is 13.7. The van der Waals surface area contributed by atoms with E-state index in [2.05, 4.69) is 14.8 Å². The Morgan fingerprint density at radius 2 is 1.84 bits per heavy atom. The second kappa shape index (κ2) is 8.11. The van der Waals surface area contributed by atoms with Crippen molar-refractivity contribution in [1.29, 1.82) is 0 Å². The van der Waals surface area contributed by atoms with Crippen LogP contribution in [-0.2, 0) is 13.1 Å². The molecule has 2 aliphatic rings. The lowest BCUT2D eigenvalue weighted by Crippen LogP contribution is -2.42. The number of rotatable bonds is 4. The minimum Gasteiger partial charge on any atom is -0.326 e. The van der Waals surface area contributed by atoms with E-state index in [9.17, 15) is 14.9 Å². The Morgan fingerprint density at radius 1 is 1.06 bits per heavy atom. The molecule has 1 aliphatic carbocycles. The van der Waals surface area contributed by atoms with Crippen LogP contribution in [0.15, 0.2) is 42.5 Å². The van der Waals surface area contributed by atoms with Crippen LogP contribution in [0.25, 0.3) is 11.0 Å². The Hall–Kier alpha value is -3.26. The Morgan fingerprint density at radius 3 is 2.58 bits per heavy atom. The van der Waals surface area contributed by atoms with Gasteiger partial charge >= 0.3 is 0 Å². The van der Waals surface area contributed by atoms with Gasteiger partial charge in [0.1, 0.15) is 5.82 Å². The summed E-state index contributed by atoms with van der Waals surface area (Å²) in [5.41, 5.74) is 2.96. The maximum absolute atomic E-state index is 12.5. The Labute approximate surface area is 180 Å². The van der Waals surface area contributed by atoms with Crippen LogP contribution in [0.2, 0.25) is 0 Å². The van der Waals surface area contributed by atoms with Gasteiger partial charge in [0, 0.05) is 42.5 Å². The lowest BCUT2D eigenvalue weighted by molar-refractivity contribution is -0.384. The molecule has 3 aromatic rings. The number of nitro groups is 1. The number of anilines is 1. The van der Waals surface area contributed by atoms with E-state index in [1.165, 1.54) is 56.4 Å². The number of aromatic nitrogens is 2. The van der Waals surface area contributed by atoms with Crippen LogP contribution in [0.3, 0.4) is 0 Å². The molecule has 2 heterocycles. The van der Waals surface area contributed by atoms with Gasteiger partial charge in [0.05, 0.1) is 22.5 Å². The molecule has 1 N–H and O–H groups in total. The van der Waals surface area contributed by atoms with E-state index in [0.29, 0.717) is 17.3 Å². The fourth-order valence-electron chi connectivity index (χ4n) is 4.81. The molecule has 0 bridgehead atoms. The predicted molar refractivity (Wildman–Crippen MR) is 118 cm³/mol. The minimum absolute atomic E-state index is 0.0381. The number of nitrogens with one attached hydrogen (secondary N) is 1. The van der Waals surface area contributed by atoms with E-state index in [1.807, 2.05) is 18.2 Å². The zero-order valence-corrected chi connectivity index (χ0v) is 17.3. The smallest absolute Gasteiger partial charge is 0.269 e. The molecule has 0 spiro atoms. The lowest BCUT2D eigenvalue weighted by atomic mass is 9.94. The van der Waals surface area contributed by atoms with Gasteiger partial charge in [-0.25, -0.2) is 4.98 Å². The Kier molecular flexibility index (Phi) is 5.15. The van der Waals surface area contributed by atoms with Gasteiger partial charge in [-0.05, 0) is 43.2 Å². The first-order valence-electron chi connectivity index (χ1n) is 10.9. The molecule has 0 saturated heterocycles. The molecule has 0 unspecified atom stereocenters. The number of fused-ring (bicyclic) bond motifs is 3. The molecule has 2 aromatic carbocycles. The topological polar surface area (TPSA) is 93.3 Å². The molecule has 160 valence electrons. The van der Waals surface area contributed by atoms with E-state index >= 15 is 0 Å². The normalized spacial score (nSPS) is 17.4. The third kappa shape index (κ3) is 3.90. The molecule has 1 aromatic heterocycles. The van der Waals surface area contributed by atoms with E-state index in [1.54, 1.807) is 0 Å². The number of hydrogen-bond donors (Lipinski definition) is 1. The highest BCUT2D eigenvalue weighted by atomic mass is 16.6. The monoisotopic (exact) mass is 419 g/mol. The lowest BCUT2D eigenvalue weighted by Gasteiger charge is -2.36. The van der Waals surface area contributed by atoms with Crippen molar-refractivity contribution in [1.82, 2.24) is 14.5 Å². The maximum atomic E-state index is 12.5. The number of non-ortho nitro benzene ring substituents is 1. The summed E-state index contributed by atoms with van der Waals surface area (Å²) in [6.45, 7) is 2.88. The first-order valence-corrected chi connectivity index (χ1v) is 10.9. The highest BCUT2D eigenvalue weighted by Crippen LogP contribution is 2.29. The standard InChI is InChI=1S/C23H25N5O3/c29-23(16-6-9-19(10-7-16)28(30)31)24-17-8-11-21-20(14-17)25-22-15-26(12-13-27(21)22)18-4-2-1-3-5-18/h6-11,14,18H,1-5,12-13,15H2,(H,24,29). The number of imidazole rings is 1. The van der Waals surface area contributed by atoms with Gasteiger partial charge in [0.2, 0.25) is 0 Å². The zero-order chi connectivity index (χ0) is 21.4. The first kappa shape index (κ1) is 19.7. The van der Waals surface area contributed by atoms with Crippen molar-refractivity contribution >= 4 is 28.3 Å². The van der Waals surface area contributed by atoms with Crippen LogP contribution in [0.4, 0.5) is 11.4 Å². The fourth-order valence-corrected chi connectivity index (χ4v) is 4.81. The van der Waals surface area contributed by atoms with Gasteiger partial charge in [0.15, 0.2) is 0 Å². The van der Waals surface area contributed by atoms with Crippen molar-refractivity contribution in [2.75, 3.05) is 11.9 Å². The summed E-state index contributed by atoms with van der Waals surface area (Å²) < 4.78 is 2.29. The van der Waals surface area contributed by atoms with Crippen LogP contribution in [0.5, 0.6) is 0 Å². The average Bonchev–Trinajstić information content (AvgIpc) is 3.16. The molecule has 5 rings (SSSR count). The summed E-state index contributed by atoms with van der Waals surface area (Å²) >= 11 is 0. The van der Waals surface area contributed by atoms with E-state index in [-0.39, 0.29) is 11.6 Å². The average molecular weight is 419 g/mol. The van der Waals surface area contributed by atoms with Crippen LogP contribution < -0.4 is 5.32 Å². The third-order valence-electron chi connectivity index (χ3n) is 6.47. The van der Waals surface area contributed by atoms with Crippen molar-refractivity contribution in [2.24, 2.45) is 0 Å². The van der Waals surface area contributed by atoms with Crippen molar-refractivity contribution in [3.8, 4) is 0 Å². The number of hydrogen-bond acceptors (Lipinski definition) is 5. The molecule has 31 heavy (non-hydrogen) atoms. The summed E-state index contributed by atoms with van der Waals surface area (Å²) in [6.07, 6.45) is 6.60. The van der Waals surface area contributed by atoms with Crippen molar-refractivity contribution in [3.05, 3.63) is 64.0 Å². The second-order valence-electron chi connectivity index (χ2n) is 8.40. The van der Waals surface area contributed by atoms with E-state index in [4.69, 9.17) is 4.98 Å². The highest BCUT2D eigenvalue weighted by Gasteiger charge is 2.27. The summed E-state index contributed by atoms with van der Waals surface area (Å²) in [6, 6.07) is 12.1. The number of carbonyl (C=O) groups is 1. The highest BCUT2D eigenvalue weighted by molar-refractivity contribution is 6.05. The predicted octanol–water partition coefficient (Wildman–Crippen LogP) is 4.35. The van der Waals surface area contributed by atoms with Crippen LogP contribution in [0.1, 0.15) is 48.3 Å². The van der Waals surface area contributed by atoms with Crippen molar-refractivity contribution in [3.63, 3.8) is 0 Å². The number of amides is 1. The number of carbonyl (C=O) groups excluding carboxylic acids is 1. The third-order valence-corrected chi connectivity index (χ3v) is 6.47. The van der Waals surface area contributed by atoms with Gasteiger partial charge in [-0.1, -0.05) is 19.3 Å². The SMILES string of the molecule is O=C(Nc1ccc2c(c1)nc1n2CCN(C2CCCCC2)C1)c1ccc([N+](=O)[O-])cc1. The molecule has 0 radical (unpaired) electrons.